The highest BCUT2D eigenvalue weighted by molar-refractivity contribution is 5.93. The van der Waals surface area contributed by atoms with E-state index in [0.717, 1.165) is 43.6 Å². The molecule has 0 aromatic carbocycles. The van der Waals surface area contributed by atoms with Crippen LogP contribution in [0.1, 0.15) is 61.9 Å². The summed E-state index contributed by atoms with van der Waals surface area (Å²) in [6.45, 7) is 1.21. The molecule has 2 heterocycles. The normalized spacial score (nSPS) is 18.0. The highest BCUT2D eigenvalue weighted by Crippen LogP contribution is 2.25. The molecule has 1 aromatic heterocycles. The SMILES string of the molecule is O=C(CCC(=O)N1CCCCN1C(=O)c1ccco1)N(O)CC1CCCC1. The summed E-state index contributed by atoms with van der Waals surface area (Å²) in [5, 5.41) is 13.5. The number of amides is 3. The number of hydrazine groups is 1. The minimum absolute atomic E-state index is 0.0392. The Morgan fingerprint density at radius 3 is 2.44 bits per heavy atom. The lowest BCUT2D eigenvalue weighted by Crippen LogP contribution is -2.53. The maximum atomic E-state index is 12.6. The first-order chi connectivity index (χ1) is 13.1. The minimum Gasteiger partial charge on any atom is -0.459 e. The Labute approximate surface area is 158 Å². The standard InChI is InChI=1S/C19H27N3O5/c23-17(9-10-18(24)22(26)14-15-6-1-2-7-15)20-11-3-4-12-21(20)19(25)16-8-5-13-27-16/h5,8,13,15,26H,1-4,6-7,9-12,14H2. The zero-order valence-electron chi connectivity index (χ0n) is 15.5. The predicted octanol–water partition coefficient (Wildman–Crippen LogP) is 2.45. The van der Waals surface area contributed by atoms with E-state index in [0.29, 0.717) is 25.6 Å². The number of furan rings is 1. The van der Waals surface area contributed by atoms with Gasteiger partial charge in [-0.3, -0.25) is 24.6 Å². The lowest BCUT2D eigenvalue weighted by Gasteiger charge is -2.38. The van der Waals surface area contributed by atoms with Crippen molar-refractivity contribution in [2.24, 2.45) is 5.92 Å². The summed E-state index contributed by atoms with van der Waals surface area (Å²) in [4.78, 5) is 37.3. The summed E-state index contributed by atoms with van der Waals surface area (Å²) in [6, 6.07) is 3.19. The van der Waals surface area contributed by atoms with Crippen molar-refractivity contribution in [2.45, 2.75) is 51.4 Å². The molecule has 1 saturated heterocycles. The molecule has 2 fully saturated rings. The molecule has 0 spiro atoms. The molecule has 0 unspecified atom stereocenters. The van der Waals surface area contributed by atoms with Gasteiger partial charge in [-0.1, -0.05) is 12.8 Å². The van der Waals surface area contributed by atoms with E-state index in [9.17, 15) is 19.6 Å². The van der Waals surface area contributed by atoms with Gasteiger partial charge in [-0.05, 0) is 43.7 Å². The van der Waals surface area contributed by atoms with E-state index in [1.807, 2.05) is 0 Å². The molecule has 27 heavy (non-hydrogen) atoms. The molecule has 2 aliphatic rings. The van der Waals surface area contributed by atoms with Gasteiger partial charge in [-0.15, -0.1) is 0 Å². The van der Waals surface area contributed by atoms with Crippen LogP contribution in [-0.2, 0) is 9.59 Å². The molecule has 1 N–H and O–H groups in total. The quantitative estimate of drug-likeness (QED) is 0.607. The molecule has 8 nitrogen and oxygen atoms in total. The monoisotopic (exact) mass is 377 g/mol. The van der Waals surface area contributed by atoms with Gasteiger partial charge < -0.3 is 4.42 Å². The summed E-state index contributed by atoms with van der Waals surface area (Å²) < 4.78 is 5.15. The average Bonchev–Trinajstić information content (AvgIpc) is 3.39. The van der Waals surface area contributed by atoms with Crippen LogP contribution in [0.3, 0.4) is 0 Å². The Bertz CT molecular complexity index is 654. The number of rotatable bonds is 6. The highest BCUT2D eigenvalue weighted by Gasteiger charge is 2.31. The van der Waals surface area contributed by atoms with Gasteiger partial charge in [0.15, 0.2) is 5.76 Å². The van der Waals surface area contributed by atoms with Crippen molar-refractivity contribution >= 4 is 17.7 Å². The summed E-state index contributed by atoms with van der Waals surface area (Å²) in [6.07, 6.45) is 7.25. The summed E-state index contributed by atoms with van der Waals surface area (Å²) in [5.74, 6) is -0.570. The van der Waals surface area contributed by atoms with Crippen molar-refractivity contribution < 1.29 is 24.0 Å². The van der Waals surface area contributed by atoms with Gasteiger partial charge in [0, 0.05) is 25.9 Å². The number of carbonyl (C=O) groups excluding carboxylic acids is 3. The number of hydrogen-bond acceptors (Lipinski definition) is 5. The zero-order valence-corrected chi connectivity index (χ0v) is 15.5. The maximum Gasteiger partial charge on any atom is 0.308 e. The second-order valence-corrected chi connectivity index (χ2v) is 7.26. The van der Waals surface area contributed by atoms with Gasteiger partial charge in [0.05, 0.1) is 12.8 Å². The fraction of sp³-hybridized carbons (Fsp3) is 0.632. The number of hydroxylamine groups is 2. The molecule has 1 aromatic rings. The van der Waals surface area contributed by atoms with Crippen molar-refractivity contribution in [1.29, 1.82) is 0 Å². The summed E-state index contributed by atoms with van der Waals surface area (Å²) in [7, 11) is 0. The van der Waals surface area contributed by atoms with Crippen LogP contribution >= 0.6 is 0 Å². The second-order valence-electron chi connectivity index (χ2n) is 7.26. The Morgan fingerprint density at radius 2 is 1.78 bits per heavy atom. The lowest BCUT2D eigenvalue weighted by molar-refractivity contribution is -0.169. The summed E-state index contributed by atoms with van der Waals surface area (Å²) >= 11 is 0. The fourth-order valence-electron chi connectivity index (χ4n) is 3.77. The van der Waals surface area contributed by atoms with Gasteiger partial charge in [0.2, 0.25) is 11.8 Å². The Morgan fingerprint density at radius 1 is 1.07 bits per heavy atom. The van der Waals surface area contributed by atoms with Crippen molar-refractivity contribution in [3.8, 4) is 0 Å². The largest absolute Gasteiger partial charge is 0.459 e. The van der Waals surface area contributed by atoms with Crippen molar-refractivity contribution in [1.82, 2.24) is 15.1 Å². The van der Waals surface area contributed by atoms with E-state index in [4.69, 9.17) is 4.42 Å². The maximum absolute atomic E-state index is 12.6. The van der Waals surface area contributed by atoms with Crippen LogP contribution in [-0.4, -0.2) is 57.6 Å². The van der Waals surface area contributed by atoms with Gasteiger partial charge >= 0.3 is 5.91 Å². The fourth-order valence-corrected chi connectivity index (χ4v) is 3.77. The third-order valence-corrected chi connectivity index (χ3v) is 5.28. The summed E-state index contributed by atoms with van der Waals surface area (Å²) in [5.41, 5.74) is 0. The highest BCUT2D eigenvalue weighted by atomic mass is 16.5. The molecule has 8 heteroatoms. The Hall–Kier alpha value is -2.35. The first-order valence-electron chi connectivity index (χ1n) is 9.71. The number of carbonyl (C=O) groups is 3. The van der Waals surface area contributed by atoms with E-state index in [1.54, 1.807) is 12.1 Å². The molecule has 0 radical (unpaired) electrons. The molecule has 1 aliphatic carbocycles. The van der Waals surface area contributed by atoms with Crippen molar-refractivity contribution in [2.75, 3.05) is 19.6 Å². The first kappa shape index (κ1) is 19.4. The smallest absolute Gasteiger partial charge is 0.308 e. The molecular formula is C19H27N3O5. The Balaban J connectivity index is 1.52. The number of hydrogen-bond donors (Lipinski definition) is 1. The molecule has 0 atom stereocenters. The molecule has 3 rings (SSSR count). The molecular weight excluding hydrogens is 350 g/mol. The van der Waals surface area contributed by atoms with Gasteiger partial charge in [0.1, 0.15) is 0 Å². The topological polar surface area (TPSA) is 94.3 Å². The molecule has 0 bridgehead atoms. The average molecular weight is 377 g/mol. The minimum atomic E-state index is -0.448. The second kappa shape index (κ2) is 9.03. The third-order valence-electron chi connectivity index (χ3n) is 5.28. The number of nitrogens with zero attached hydrogens (tertiary/aromatic N) is 3. The first-order valence-corrected chi connectivity index (χ1v) is 9.71. The van der Waals surface area contributed by atoms with Gasteiger partial charge in [0.25, 0.3) is 0 Å². The molecule has 3 amide bonds. The van der Waals surface area contributed by atoms with Crippen LogP contribution < -0.4 is 0 Å². The van der Waals surface area contributed by atoms with Crippen molar-refractivity contribution in [3.05, 3.63) is 24.2 Å². The zero-order chi connectivity index (χ0) is 19.2. The van der Waals surface area contributed by atoms with Gasteiger partial charge in [-0.25, -0.2) is 10.1 Å². The van der Waals surface area contributed by atoms with Crippen LogP contribution in [0.25, 0.3) is 0 Å². The predicted molar refractivity (Wildman–Crippen MR) is 95.4 cm³/mol. The third kappa shape index (κ3) is 4.88. The van der Waals surface area contributed by atoms with Crippen LogP contribution in [0.4, 0.5) is 0 Å². The lowest BCUT2D eigenvalue weighted by atomic mass is 10.1. The van der Waals surface area contributed by atoms with E-state index in [-0.39, 0.29) is 30.4 Å². The van der Waals surface area contributed by atoms with E-state index >= 15 is 0 Å². The van der Waals surface area contributed by atoms with Crippen LogP contribution in [0, 0.1) is 5.92 Å². The Kier molecular flexibility index (Phi) is 6.49. The van der Waals surface area contributed by atoms with Gasteiger partial charge in [-0.2, -0.15) is 0 Å². The molecule has 1 saturated carbocycles. The van der Waals surface area contributed by atoms with Crippen LogP contribution in [0.15, 0.2) is 22.8 Å². The molecule has 148 valence electrons. The van der Waals surface area contributed by atoms with Crippen LogP contribution in [0.5, 0.6) is 0 Å². The van der Waals surface area contributed by atoms with E-state index in [1.165, 1.54) is 16.3 Å². The van der Waals surface area contributed by atoms with Crippen LogP contribution in [0.2, 0.25) is 0 Å². The van der Waals surface area contributed by atoms with E-state index < -0.39 is 5.91 Å². The molecule has 1 aliphatic heterocycles. The van der Waals surface area contributed by atoms with E-state index in [2.05, 4.69) is 0 Å². The van der Waals surface area contributed by atoms with Crippen molar-refractivity contribution in [3.63, 3.8) is 0 Å².